The summed E-state index contributed by atoms with van der Waals surface area (Å²) < 4.78 is 0. The second-order valence-electron chi connectivity index (χ2n) is 6.73. The minimum absolute atomic E-state index is 0.000188. The van der Waals surface area contributed by atoms with E-state index in [2.05, 4.69) is 12.2 Å². The minimum atomic E-state index is -0.712. The molecule has 1 unspecified atom stereocenters. The first-order valence-electron chi connectivity index (χ1n) is 8.12. The van der Waals surface area contributed by atoms with Crippen LogP contribution in [0.25, 0.3) is 0 Å². The number of nitrogens with zero attached hydrogens (tertiary/aromatic N) is 1. The second kappa shape index (κ2) is 6.15. The van der Waals surface area contributed by atoms with E-state index in [1.54, 1.807) is 0 Å². The molecular formula is C16H28N2O2. The Bertz CT molecular complexity index is 371. The van der Waals surface area contributed by atoms with Gasteiger partial charge in [-0.3, -0.25) is 9.59 Å². The van der Waals surface area contributed by atoms with Gasteiger partial charge in [0.15, 0.2) is 0 Å². The first kappa shape index (κ1) is 15.3. The van der Waals surface area contributed by atoms with Gasteiger partial charge in [0.05, 0.1) is 0 Å². The van der Waals surface area contributed by atoms with E-state index in [0.29, 0.717) is 0 Å². The number of piperazine rings is 1. The van der Waals surface area contributed by atoms with Gasteiger partial charge in [0.25, 0.3) is 0 Å². The number of hydrogen-bond acceptors (Lipinski definition) is 2. The third kappa shape index (κ3) is 2.84. The zero-order chi connectivity index (χ0) is 14.8. The van der Waals surface area contributed by atoms with Gasteiger partial charge in [-0.1, -0.05) is 39.0 Å². The van der Waals surface area contributed by atoms with E-state index >= 15 is 0 Å². The van der Waals surface area contributed by atoms with E-state index < -0.39 is 5.54 Å². The maximum atomic E-state index is 12.8. The molecule has 2 rings (SSSR count). The summed E-state index contributed by atoms with van der Waals surface area (Å²) in [6, 6.07) is -0.0748. The van der Waals surface area contributed by atoms with E-state index in [0.717, 1.165) is 25.7 Å². The Labute approximate surface area is 122 Å². The second-order valence-corrected chi connectivity index (χ2v) is 6.73. The van der Waals surface area contributed by atoms with Crippen molar-refractivity contribution in [2.24, 2.45) is 0 Å². The van der Waals surface area contributed by atoms with Gasteiger partial charge in [-0.25, -0.2) is 0 Å². The van der Waals surface area contributed by atoms with Crippen LogP contribution in [-0.2, 0) is 9.59 Å². The molecule has 2 fully saturated rings. The van der Waals surface area contributed by atoms with Gasteiger partial charge in [0.1, 0.15) is 11.6 Å². The molecule has 4 heteroatoms. The summed E-state index contributed by atoms with van der Waals surface area (Å²) >= 11 is 0. The van der Waals surface area contributed by atoms with Crippen LogP contribution < -0.4 is 5.32 Å². The topological polar surface area (TPSA) is 49.4 Å². The molecule has 1 aliphatic carbocycles. The van der Waals surface area contributed by atoms with E-state index in [1.165, 1.54) is 25.7 Å². The standard InChI is InChI=1S/C16H28N2O2/c1-4-9-13-14(19)18(16(2,3)15(20)17-13)12-10-7-5-6-8-11-12/h12-13H,4-11H2,1-3H3,(H,17,20). The van der Waals surface area contributed by atoms with Crippen LogP contribution in [0.5, 0.6) is 0 Å². The lowest BCUT2D eigenvalue weighted by molar-refractivity contribution is -0.159. The Morgan fingerprint density at radius 3 is 2.30 bits per heavy atom. The highest BCUT2D eigenvalue weighted by Crippen LogP contribution is 2.31. The molecule has 1 aliphatic heterocycles. The zero-order valence-electron chi connectivity index (χ0n) is 13.1. The van der Waals surface area contributed by atoms with Gasteiger partial charge < -0.3 is 10.2 Å². The van der Waals surface area contributed by atoms with Crippen molar-refractivity contribution in [1.29, 1.82) is 0 Å². The van der Waals surface area contributed by atoms with E-state index in [4.69, 9.17) is 0 Å². The fourth-order valence-corrected chi connectivity index (χ4v) is 3.59. The van der Waals surface area contributed by atoms with Gasteiger partial charge in [-0.15, -0.1) is 0 Å². The Hall–Kier alpha value is -1.06. The predicted octanol–water partition coefficient (Wildman–Crippen LogP) is 2.61. The highest BCUT2D eigenvalue weighted by atomic mass is 16.2. The average molecular weight is 280 g/mol. The van der Waals surface area contributed by atoms with Gasteiger partial charge in [0, 0.05) is 6.04 Å². The first-order chi connectivity index (χ1) is 9.48. The molecule has 0 bridgehead atoms. The summed E-state index contributed by atoms with van der Waals surface area (Å²) in [7, 11) is 0. The molecule has 1 atom stereocenters. The molecule has 2 amide bonds. The van der Waals surface area contributed by atoms with Crippen molar-refractivity contribution in [1.82, 2.24) is 10.2 Å². The van der Waals surface area contributed by atoms with Crippen molar-refractivity contribution >= 4 is 11.8 Å². The monoisotopic (exact) mass is 280 g/mol. The summed E-state index contributed by atoms with van der Waals surface area (Å²) in [5.74, 6) is 0.128. The van der Waals surface area contributed by atoms with Gasteiger partial charge in [-0.2, -0.15) is 0 Å². The third-order valence-electron chi connectivity index (χ3n) is 4.77. The zero-order valence-corrected chi connectivity index (χ0v) is 13.1. The van der Waals surface area contributed by atoms with Gasteiger partial charge in [-0.05, 0) is 33.1 Å². The van der Waals surface area contributed by atoms with Crippen LogP contribution in [-0.4, -0.2) is 34.3 Å². The summed E-state index contributed by atoms with van der Waals surface area (Å²) in [4.78, 5) is 27.1. The van der Waals surface area contributed by atoms with E-state index in [1.807, 2.05) is 18.7 Å². The Kier molecular flexibility index (Phi) is 4.71. The molecule has 20 heavy (non-hydrogen) atoms. The highest BCUT2D eigenvalue weighted by Gasteiger charge is 2.48. The lowest BCUT2D eigenvalue weighted by Gasteiger charge is -2.48. The van der Waals surface area contributed by atoms with Gasteiger partial charge in [0.2, 0.25) is 11.8 Å². The molecule has 1 saturated carbocycles. The average Bonchev–Trinajstić information content (AvgIpc) is 2.65. The van der Waals surface area contributed by atoms with E-state index in [-0.39, 0.29) is 23.9 Å². The van der Waals surface area contributed by atoms with Crippen molar-refractivity contribution in [2.75, 3.05) is 0 Å². The molecule has 2 aliphatic rings. The maximum absolute atomic E-state index is 12.8. The summed E-state index contributed by atoms with van der Waals surface area (Å²) in [5.41, 5.74) is -0.712. The Morgan fingerprint density at radius 1 is 1.15 bits per heavy atom. The molecular weight excluding hydrogens is 252 g/mol. The summed E-state index contributed by atoms with van der Waals surface area (Å²) in [6.07, 6.45) is 8.59. The number of rotatable bonds is 3. The van der Waals surface area contributed by atoms with Crippen molar-refractivity contribution in [3.63, 3.8) is 0 Å². The number of nitrogens with one attached hydrogen (secondary N) is 1. The minimum Gasteiger partial charge on any atom is -0.342 e. The van der Waals surface area contributed by atoms with Crippen LogP contribution in [0.2, 0.25) is 0 Å². The molecule has 0 aromatic rings. The maximum Gasteiger partial charge on any atom is 0.246 e. The van der Waals surface area contributed by atoms with Crippen molar-refractivity contribution < 1.29 is 9.59 Å². The molecule has 0 aromatic heterocycles. The molecule has 1 heterocycles. The van der Waals surface area contributed by atoms with Crippen molar-refractivity contribution in [3.05, 3.63) is 0 Å². The van der Waals surface area contributed by atoms with Crippen molar-refractivity contribution in [2.45, 2.75) is 89.8 Å². The number of carbonyl (C=O) groups is 2. The third-order valence-corrected chi connectivity index (χ3v) is 4.77. The quantitative estimate of drug-likeness (QED) is 0.808. The number of amides is 2. The van der Waals surface area contributed by atoms with Crippen LogP contribution in [0.3, 0.4) is 0 Å². The molecule has 1 N–H and O–H groups in total. The van der Waals surface area contributed by atoms with Crippen LogP contribution in [0.4, 0.5) is 0 Å². The predicted molar refractivity (Wildman–Crippen MR) is 79.3 cm³/mol. The lowest BCUT2D eigenvalue weighted by atomic mass is 9.90. The fourth-order valence-electron chi connectivity index (χ4n) is 3.59. The van der Waals surface area contributed by atoms with Crippen LogP contribution >= 0.6 is 0 Å². The van der Waals surface area contributed by atoms with Crippen LogP contribution in [0, 0.1) is 0 Å². The first-order valence-corrected chi connectivity index (χ1v) is 8.12. The SMILES string of the molecule is CCCC1NC(=O)C(C)(C)N(C2CCCCCC2)C1=O. The molecule has 4 nitrogen and oxygen atoms in total. The normalized spacial score (nSPS) is 28.1. The molecule has 1 saturated heterocycles. The molecule has 114 valence electrons. The molecule has 0 spiro atoms. The summed E-state index contributed by atoms with van der Waals surface area (Å²) in [6.45, 7) is 5.82. The largest absolute Gasteiger partial charge is 0.342 e. The Morgan fingerprint density at radius 2 is 1.75 bits per heavy atom. The van der Waals surface area contributed by atoms with Crippen molar-refractivity contribution in [3.8, 4) is 0 Å². The van der Waals surface area contributed by atoms with E-state index in [9.17, 15) is 9.59 Å². The van der Waals surface area contributed by atoms with Crippen LogP contribution in [0.15, 0.2) is 0 Å². The summed E-state index contributed by atoms with van der Waals surface area (Å²) in [5, 5.41) is 2.91. The smallest absolute Gasteiger partial charge is 0.246 e. The molecule has 0 radical (unpaired) electrons. The van der Waals surface area contributed by atoms with Crippen LogP contribution in [0.1, 0.15) is 72.1 Å². The fraction of sp³-hybridized carbons (Fsp3) is 0.875. The highest BCUT2D eigenvalue weighted by molar-refractivity contribution is 5.99. The number of hydrogen-bond donors (Lipinski definition) is 1. The lowest BCUT2D eigenvalue weighted by Crippen LogP contribution is -2.70. The Balaban J connectivity index is 2.24. The number of carbonyl (C=O) groups excluding carboxylic acids is 2. The van der Waals surface area contributed by atoms with Gasteiger partial charge >= 0.3 is 0 Å². The molecule has 0 aromatic carbocycles.